The van der Waals surface area contributed by atoms with Gasteiger partial charge >= 0.3 is 0 Å². The molecule has 0 aliphatic heterocycles. The lowest BCUT2D eigenvalue weighted by Gasteiger charge is -2.20. The van der Waals surface area contributed by atoms with E-state index < -0.39 is 0 Å². The fourth-order valence-electron chi connectivity index (χ4n) is 2.37. The second kappa shape index (κ2) is 4.73. The standard InChI is InChI=1S/C13H20N2O/c1-9-7-8-11(10(9)2)14-12-5-4-6-13(15-12)16-3/h4-6,9-11H,7-8H2,1-3H3,(H,14,15). The molecule has 1 N–H and O–H groups in total. The molecule has 0 aromatic carbocycles. The van der Waals surface area contributed by atoms with Gasteiger partial charge in [0.05, 0.1) is 7.11 Å². The zero-order valence-electron chi connectivity index (χ0n) is 10.2. The van der Waals surface area contributed by atoms with Gasteiger partial charge in [0.1, 0.15) is 5.82 Å². The summed E-state index contributed by atoms with van der Waals surface area (Å²) in [5.74, 6) is 3.12. The molecule has 16 heavy (non-hydrogen) atoms. The van der Waals surface area contributed by atoms with E-state index in [1.54, 1.807) is 7.11 Å². The third-order valence-electron chi connectivity index (χ3n) is 3.73. The molecule has 1 heterocycles. The highest BCUT2D eigenvalue weighted by Crippen LogP contribution is 2.33. The van der Waals surface area contributed by atoms with E-state index in [9.17, 15) is 0 Å². The normalized spacial score (nSPS) is 29.1. The SMILES string of the molecule is COc1cccc(NC2CCC(C)C2C)n1. The first-order chi connectivity index (χ1) is 7.70. The number of hydrogen-bond acceptors (Lipinski definition) is 3. The maximum absolute atomic E-state index is 5.12. The van der Waals surface area contributed by atoms with Crippen molar-refractivity contribution in [3.05, 3.63) is 18.2 Å². The maximum Gasteiger partial charge on any atom is 0.214 e. The van der Waals surface area contributed by atoms with Crippen LogP contribution in [0.3, 0.4) is 0 Å². The number of hydrogen-bond donors (Lipinski definition) is 1. The van der Waals surface area contributed by atoms with E-state index in [0.29, 0.717) is 17.8 Å². The third kappa shape index (κ3) is 2.29. The van der Waals surface area contributed by atoms with Crippen molar-refractivity contribution >= 4 is 5.82 Å². The molecule has 0 bridgehead atoms. The smallest absolute Gasteiger partial charge is 0.214 e. The highest BCUT2D eigenvalue weighted by atomic mass is 16.5. The number of ether oxygens (including phenoxy) is 1. The molecule has 0 amide bonds. The summed E-state index contributed by atoms with van der Waals surface area (Å²) in [4.78, 5) is 4.38. The van der Waals surface area contributed by atoms with Gasteiger partial charge < -0.3 is 10.1 Å². The Morgan fingerprint density at radius 1 is 1.31 bits per heavy atom. The number of anilines is 1. The van der Waals surface area contributed by atoms with Crippen LogP contribution in [0, 0.1) is 11.8 Å². The Balaban J connectivity index is 2.03. The van der Waals surface area contributed by atoms with Crippen LogP contribution in [0.15, 0.2) is 18.2 Å². The van der Waals surface area contributed by atoms with Crippen molar-refractivity contribution < 1.29 is 4.74 Å². The first kappa shape index (κ1) is 11.2. The van der Waals surface area contributed by atoms with Crippen LogP contribution in [0.5, 0.6) is 5.88 Å². The van der Waals surface area contributed by atoms with Crippen molar-refractivity contribution in [3.63, 3.8) is 0 Å². The Kier molecular flexibility index (Phi) is 3.32. The van der Waals surface area contributed by atoms with Crippen LogP contribution in [0.1, 0.15) is 26.7 Å². The van der Waals surface area contributed by atoms with Gasteiger partial charge in [-0.3, -0.25) is 0 Å². The molecule has 1 aromatic heterocycles. The summed E-state index contributed by atoms with van der Waals surface area (Å²) < 4.78 is 5.12. The Morgan fingerprint density at radius 2 is 2.12 bits per heavy atom. The Labute approximate surface area is 97.2 Å². The predicted molar refractivity (Wildman–Crippen MR) is 65.8 cm³/mol. The molecule has 0 spiro atoms. The average molecular weight is 220 g/mol. The molecule has 3 unspecified atom stereocenters. The molecular weight excluding hydrogens is 200 g/mol. The summed E-state index contributed by atoms with van der Waals surface area (Å²) >= 11 is 0. The van der Waals surface area contributed by atoms with Crippen molar-refractivity contribution in [2.45, 2.75) is 32.7 Å². The number of nitrogens with one attached hydrogen (secondary N) is 1. The predicted octanol–water partition coefficient (Wildman–Crippen LogP) is 2.94. The quantitative estimate of drug-likeness (QED) is 0.850. The number of aromatic nitrogens is 1. The molecule has 88 valence electrons. The summed E-state index contributed by atoms with van der Waals surface area (Å²) in [5.41, 5.74) is 0. The molecule has 3 nitrogen and oxygen atoms in total. The van der Waals surface area contributed by atoms with Crippen LogP contribution < -0.4 is 10.1 Å². The highest BCUT2D eigenvalue weighted by Gasteiger charge is 2.29. The third-order valence-corrected chi connectivity index (χ3v) is 3.73. The van der Waals surface area contributed by atoms with Crippen molar-refractivity contribution in [1.82, 2.24) is 4.98 Å². The Bertz CT molecular complexity index is 354. The molecule has 2 rings (SSSR count). The highest BCUT2D eigenvalue weighted by molar-refractivity contribution is 5.38. The summed E-state index contributed by atoms with van der Waals surface area (Å²) in [6.07, 6.45) is 2.55. The lowest BCUT2D eigenvalue weighted by atomic mass is 9.98. The monoisotopic (exact) mass is 220 g/mol. The fraction of sp³-hybridized carbons (Fsp3) is 0.615. The summed E-state index contributed by atoms with van der Waals surface area (Å²) in [6, 6.07) is 6.39. The van der Waals surface area contributed by atoms with Crippen LogP contribution in [-0.4, -0.2) is 18.1 Å². The molecule has 0 radical (unpaired) electrons. The molecule has 1 fully saturated rings. The number of methoxy groups -OCH3 is 1. The first-order valence-electron chi connectivity index (χ1n) is 5.98. The van der Waals surface area contributed by atoms with E-state index in [0.717, 1.165) is 11.7 Å². The summed E-state index contributed by atoms with van der Waals surface area (Å²) in [7, 11) is 1.65. The number of nitrogens with zero attached hydrogens (tertiary/aromatic N) is 1. The van der Waals surface area contributed by atoms with Crippen LogP contribution in [0.25, 0.3) is 0 Å². The van der Waals surface area contributed by atoms with E-state index in [1.165, 1.54) is 12.8 Å². The molecule has 3 heteroatoms. The maximum atomic E-state index is 5.12. The van der Waals surface area contributed by atoms with Gasteiger partial charge in [-0.05, 0) is 30.7 Å². The Morgan fingerprint density at radius 3 is 2.75 bits per heavy atom. The van der Waals surface area contributed by atoms with E-state index >= 15 is 0 Å². The van der Waals surface area contributed by atoms with Crippen LogP contribution in [-0.2, 0) is 0 Å². The van der Waals surface area contributed by atoms with Crippen molar-refractivity contribution in [1.29, 1.82) is 0 Å². The van der Waals surface area contributed by atoms with Crippen LogP contribution >= 0.6 is 0 Å². The topological polar surface area (TPSA) is 34.1 Å². The number of rotatable bonds is 3. The molecular formula is C13H20N2O. The molecule has 0 saturated heterocycles. The molecule has 1 saturated carbocycles. The van der Waals surface area contributed by atoms with Gasteiger partial charge in [0.25, 0.3) is 0 Å². The number of pyridine rings is 1. The second-order valence-corrected chi connectivity index (χ2v) is 4.73. The van der Waals surface area contributed by atoms with Gasteiger partial charge in [-0.15, -0.1) is 0 Å². The van der Waals surface area contributed by atoms with Gasteiger partial charge in [0.15, 0.2) is 0 Å². The van der Waals surface area contributed by atoms with E-state index in [4.69, 9.17) is 4.74 Å². The van der Waals surface area contributed by atoms with Crippen molar-refractivity contribution in [2.24, 2.45) is 11.8 Å². The minimum absolute atomic E-state index is 0.551. The van der Waals surface area contributed by atoms with Gasteiger partial charge in [-0.1, -0.05) is 19.9 Å². The van der Waals surface area contributed by atoms with E-state index in [1.807, 2.05) is 18.2 Å². The lowest BCUT2D eigenvalue weighted by Crippen LogP contribution is -2.24. The zero-order valence-corrected chi connectivity index (χ0v) is 10.2. The van der Waals surface area contributed by atoms with Gasteiger partial charge in [-0.25, -0.2) is 0 Å². The minimum Gasteiger partial charge on any atom is -0.481 e. The average Bonchev–Trinajstić information content (AvgIpc) is 2.61. The van der Waals surface area contributed by atoms with Crippen LogP contribution in [0.2, 0.25) is 0 Å². The zero-order chi connectivity index (χ0) is 11.5. The van der Waals surface area contributed by atoms with E-state index in [-0.39, 0.29) is 0 Å². The molecule has 1 aromatic rings. The molecule has 1 aliphatic carbocycles. The second-order valence-electron chi connectivity index (χ2n) is 4.73. The van der Waals surface area contributed by atoms with Crippen molar-refractivity contribution in [3.8, 4) is 5.88 Å². The van der Waals surface area contributed by atoms with Crippen LogP contribution in [0.4, 0.5) is 5.82 Å². The summed E-state index contributed by atoms with van der Waals surface area (Å²) in [5, 5.41) is 3.50. The van der Waals surface area contributed by atoms with Gasteiger partial charge in [-0.2, -0.15) is 4.98 Å². The molecule has 1 aliphatic rings. The van der Waals surface area contributed by atoms with E-state index in [2.05, 4.69) is 24.1 Å². The first-order valence-corrected chi connectivity index (χ1v) is 5.98. The van der Waals surface area contributed by atoms with Gasteiger partial charge in [0, 0.05) is 12.1 Å². The summed E-state index contributed by atoms with van der Waals surface area (Å²) in [6.45, 7) is 4.64. The van der Waals surface area contributed by atoms with Gasteiger partial charge in [0.2, 0.25) is 5.88 Å². The lowest BCUT2D eigenvalue weighted by molar-refractivity contribution is 0.397. The van der Waals surface area contributed by atoms with Crippen molar-refractivity contribution in [2.75, 3.05) is 12.4 Å². The minimum atomic E-state index is 0.551. The Hall–Kier alpha value is -1.25. The molecule has 3 atom stereocenters. The fourth-order valence-corrected chi connectivity index (χ4v) is 2.37. The largest absolute Gasteiger partial charge is 0.481 e.